The van der Waals surface area contributed by atoms with Crippen LogP contribution in [-0.4, -0.2) is 58.5 Å². The van der Waals surface area contributed by atoms with Gasteiger partial charge in [-0.05, 0) is 90.5 Å². The Morgan fingerprint density at radius 1 is 0.818 bits per heavy atom. The molecule has 0 saturated carbocycles. The number of carbonyl (C=O) groups excluding carboxylic acids is 2. The van der Waals surface area contributed by atoms with Crippen molar-refractivity contribution in [2.24, 2.45) is 0 Å². The summed E-state index contributed by atoms with van der Waals surface area (Å²) in [4.78, 5) is 28.6. The van der Waals surface area contributed by atoms with Crippen LogP contribution in [0.15, 0.2) is 72.8 Å². The number of hydrogen-bond donors (Lipinski definition) is 3. The zero-order chi connectivity index (χ0) is 31.5. The second-order valence-corrected chi connectivity index (χ2v) is 12.7. The molecule has 0 saturated heterocycles. The van der Waals surface area contributed by atoms with E-state index in [0.717, 1.165) is 45.9 Å². The average molecular weight is 594 g/mol. The lowest BCUT2D eigenvalue weighted by molar-refractivity contribution is -0.119. The van der Waals surface area contributed by atoms with Gasteiger partial charge < -0.3 is 20.9 Å². The third-order valence-electron chi connectivity index (χ3n) is 8.75. The molecule has 9 nitrogen and oxygen atoms in total. The van der Waals surface area contributed by atoms with Crippen LogP contribution in [0, 0.1) is 0 Å². The minimum Gasteiger partial charge on any atom is -0.352 e. The molecule has 44 heavy (non-hydrogen) atoms. The van der Waals surface area contributed by atoms with Crippen LogP contribution in [0.25, 0.3) is 28.2 Å². The Morgan fingerprint density at radius 2 is 1.45 bits per heavy atom. The Balaban J connectivity index is 1.52. The van der Waals surface area contributed by atoms with Gasteiger partial charge in [0.25, 0.3) is 5.91 Å². The number of amides is 2. The van der Waals surface area contributed by atoms with Crippen molar-refractivity contribution < 1.29 is 9.59 Å². The highest BCUT2D eigenvalue weighted by atomic mass is 16.2. The molecule has 9 heteroatoms. The SMILES string of the molecule is CNC(C)(C)CCNC(=O)c1ccc(-n2nnc3c2-c2ccccc2N(C(=O)CCC(C)(C)NC)Cc2ccccc2-3)cc1. The number of hydrogen-bond acceptors (Lipinski definition) is 6. The monoisotopic (exact) mass is 593 g/mol. The quantitative estimate of drug-likeness (QED) is 0.229. The van der Waals surface area contributed by atoms with Crippen molar-refractivity contribution in [3.05, 3.63) is 83.9 Å². The van der Waals surface area contributed by atoms with Gasteiger partial charge in [0.15, 0.2) is 0 Å². The van der Waals surface area contributed by atoms with Gasteiger partial charge in [0.1, 0.15) is 11.4 Å². The number of nitrogens with zero attached hydrogens (tertiary/aromatic N) is 4. The first kappa shape index (κ1) is 31.1. The van der Waals surface area contributed by atoms with Crippen LogP contribution >= 0.6 is 0 Å². The molecule has 2 heterocycles. The van der Waals surface area contributed by atoms with Crippen molar-refractivity contribution in [2.75, 3.05) is 25.5 Å². The number of rotatable bonds is 10. The number of anilines is 1. The van der Waals surface area contributed by atoms with E-state index in [2.05, 4.69) is 60.0 Å². The fourth-order valence-electron chi connectivity index (χ4n) is 5.31. The first-order chi connectivity index (χ1) is 21.0. The van der Waals surface area contributed by atoms with Crippen molar-refractivity contribution in [3.8, 4) is 28.2 Å². The molecule has 0 aliphatic carbocycles. The second-order valence-electron chi connectivity index (χ2n) is 12.7. The predicted molar refractivity (Wildman–Crippen MR) is 176 cm³/mol. The van der Waals surface area contributed by atoms with E-state index in [0.29, 0.717) is 31.5 Å². The zero-order valence-corrected chi connectivity index (χ0v) is 26.6. The van der Waals surface area contributed by atoms with E-state index in [9.17, 15) is 9.59 Å². The standard InChI is InChI=1S/C35H43N7O2/c1-34(2,36-5)20-19-30(43)41-23-25-11-7-8-12-27(25)31-32(28-13-9-10-14-29(28)41)42(40-39-31)26-17-15-24(16-18-26)33(44)38-22-21-35(3,4)37-6/h7-18,36-37H,19-23H2,1-6H3,(H,38,44). The normalized spacial score (nSPS) is 12.9. The minimum absolute atomic E-state index is 0.0562. The summed E-state index contributed by atoms with van der Waals surface area (Å²) in [5.41, 5.74) is 6.33. The van der Waals surface area contributed by atoms with Gasteiger partial charge in [0.05, 0.1) is 17.9 Å². The topological polar surface area (TPSA) is 104 Å². The molecule has 3 N–H and O–H groups in total. The molecule has 1 aliphatic rings. The number of benzene rings is 3. The van der Waals surface area contributed by atoms with E-state index in [-0.39, 0.29) is 22.9 Å². The molecule has 230 valence electrons. The molecular weight excluding hydrogens is 550 g/mol. The summed E-state index contributed by atoms with van der Waals surface area (Å²) in [7, 11) is 3.85. The first-order valence-corrected chi connectivity index (χ1v) is 15.2. The highest BCUT2D eigenvalue weighted by Gasteiger charge is 2.30. The lowest BCUT2D eigenvalue weighted by Gasteiger charge is -2.30. The Hall–Kier alpha value is -4.34. The Morgan fingerprint density at radius 3 is 2.16 bits per heavy atom. The fourth-order valence-corrected chi connectivity index (χ4v) is 5.31. The molecule has 2 amide bonds. The average Bonchev–Trinajstić information content (AvgIpc) is 3.46. The summed E-state index contributed by atoms with van der Waals surface area (Å²) in [5, 5.41) is 18.9. The molecule has 4 aromatic rings. The van der Waals surface area contributed by atoms with Crippen LogP contribution in [0.1, 0.15) is 62.9 Å². The van der Waals surface area contributed by atoms with E-state index in [4.69, 9.17) is 0 Å². The molecule has 5 rings (SSSR count). The maximum absolute atomic E-state index is 13.9. The van der Waals surface area contributed by atoms with Crippen LogP contribution in [0.5, 0.6) is 0 Å². The molecule has 0 radical (unpaired) electrons. The molecule has 1 aromatic heterocycles. The van der Waals surface area contributed by atoms with Gasteiger partial charge in [-0.3, -0.25) is 9.59 Å². The zero-order valence-electron chi connectivity index (χ0n) is 26.6. The summed E-state index contributed by atoms with van der Waals surface area (Å²) in [6.07, 6.45) is 1.93. The summed E-state index contributed by atoms with van der Waals surface area (Å²) in [5.74, 6) is -0.0567. The van der Waals surface area contributed by atoms with Crippen LogP contribution in [0.4, 0.5) is 5.69 Å². The van der Waals surface area contributed by atoms with Gasteiger partial charge >= 0.3 is 0 Å². The van der Waals surface area contributed by atoms with Crippen molar-refractivity contribution in [3.63, 3.8) is 0 Å². The maximum atomic E-state index is 13.9. The lowest BCUT2D eigenvalue weighted by Crippen LogP contribution is -2.40. The van der Waals surface area contributed by atoms with Crippen molar-refractivity contribution >= 4 is 17.5 Å². The first-order valence-electron chi connectivity index (χ1n) is 15.2. The van der Waals surface area contributed by atoms with Crippen LogP contribution in [-0.2, 0) is 11.3 Å². The molecule has 1 aliphatic heterocycles. The molecule has 0 fully saturated rings. The van der Waals surface area contributed by atoms with E-state index < -0.39 is 0 Å². The minimum atomic E-state index is -0.155. The molecular formula is C35H43N7O2. The van der Waals surface area contributed by atoms with Crippen molar-refractivity contribution in [1.29, 1.82) is 0 Å². The molecule has 0 spiro atoms. The third kappa shape index (κ3) is 6.59. The van der Waals surface area contributed by atoms with Crippen LogP contribution in [0.3, 0.4) is 0 Å². The van der Waals surface area contributed by atoms with Gasteiger partial charge in [0, 0.05) is 40.7 Å². The Kier molecular flexibility index (Phi) is 8.99. The van der Waals surface area contributed by atoms with Crippen LogP contribution < -0.4 is 20.9 Å². The largest absolute Gasteiger partial charge is 0.352 e. The summed E-state index contributed by atoms with van der Waals surface area (Å²) in [6, 6.07) is 23.4. The summed E-state index contributed by atoms with van der Waals surface area (Å²) < 4.78 is 1.81. The van der Waals surface area contributed by atoms with Gasteiger partial charge in [-0.25, -0.2) is 4.68 Å². The van der Waals surface area contributed by atoms with E-state index in [1.54, 1.807) is 4.68 Å². The lowest BCUT2D eigenvalue weighted by atomic mass is 9.94. The van der Waals surface area contributed by atoms with Crippen molar-refractivity contribution in [1.82, 2.24) is 30.9 Å². The molecule has 0 atom stereocenters. The second kappa shape index (κ2) is 12.7. The molecule has 3 aromatic carbocycles. The van der Waals surface area contributed by atoms with Crippen molar-refractivity contribution in [2.45, 2.75) is 64.6 Å². The van der Waals surface area contributed by atoms with Gasteiger partial charge in [-0.15, -0.1) is 5.10 Å². The Bertz CT molecular complexity index is 1640. The van der Waals surface area contributed by atoms with Crippen LogP contribution in [0.2, 0.25) is 0 Å². The third-order valence-corrected chi connectivity index (χ3v) is 8.75. The number of nitrogens with one attached hydrogen (secondary N) is 3. The summed E-state index contributed by atoms with van der Waals surface area (Å²) in [6.45, 7) is 9.43. The van der Waals surface area contributed by atoms with Gasteiger partial charge in [0.2, 0.25) is 5.91 Å². The number of aromatic nitrogens is 3. The highest BCUT2D eigenvalue weighted by Crippen LogP contribution is 2.42. The van der Waals surface area contributed by atoms with E-state index in [1.807, 2.05) is 85.7 Å². The van der Waals surface area contributed by atoms with E-state index in [1.165, 1.54) is 0 Å². The number of para-hydroxylation sites is 1. The number of carbonyl (C=O) groups is 2. The number of fused-ring (bicyclic) bond motifs is 5. The highest BCUT2D eigenvalue weighted by molar-refractivity contribution is 6.00. The Labute approximate surface area is 260 Å². The molecule has 0 unspecified atom stereocenters. The van der Waals surface area contributed by atoms with Gasteiger partial charge in [-0.2, -0.15) is 0 Å². The fraction of sp³-hybridized carbons (Fsp3) is 0.371. The maximum Gasteiger partial charge on any atom is 0.251 e. The predicted octanol–water partition coefficient (Wildman–Crippen LogP) is 5.34. The molecule has 0 bridgehead atoms. The summed E-state index contributed by atoms with van der Waals surface area (Å²) >= 11 is 0. The van der Waals surface area contributed by atoms with Gasteiger partial charge in [-0.1, -0.05) is 47.7 Å². The smallest absolute Gasteiger partial charge is 0.251 e. The van der Waals surface area contributed by atoms with E-state index >= 15 is 0 Å².